The standard InChI is InChI=1S/C12H14FNO2/c1-4-12(15)14-8(2)10-7-9(13)5-6-11(10)16-3/h4-8H,1H2,2-3H3,(H,14,15). The van der Waals surface area contributed by atoms with Crippen molar-refractivity contribution in [3.63, 3.8) is 0 Å². The molecule has 0 aliphatic carbocycles. The molecule has 0 aliphatic rings. The van der Waals surface area contributed by atoms with Gasteiger partial charge in [-0.3, -0.25) is 4.79 Å². The van der Waals surface area contributed by atoms with Gasteiger partial charge in [0.25, 0.3) is 0 Å². The van der Waals surface area contributed by atoms with Crippen LogP contribution in [0.15, 0.2) is 30.9 Å². The van der Waals surface area contributed by atoms with Crippen LogP contribution < -0.4 is 10.1 Å². The molecular formula is C12H14FNO2. The summed E-state index contributed by atoms with van der Waals surface area (Å²) < 4.78 is 18.2. The fraction of sp³-hybridized carbons (Fsp3) is 0.250. The predicted octanol–water partition coefficient (Wildman–Crippen LogP) is 2.20. The van der Waals surface area contributed by atoms with Gasteiger partial charge in [-0.05, 0) is 31.2 Å². The quantitative estimate of drug-likeness (QED) is 0.795. The number of benzene rings is 1. The monoisotopic (exact) mass is 223 g/mol. The molecule has 0 aliphatic heterocycles. The lowest BCUT2D eigenvalue weighted by Gasteiger charge is -2.16. The number of halogens is 1. The van der Waals surface area contributed by atoms with Crippen molar-refractivity contribution in [1.82, 2.24) is 5.32 Å². The van der Waals surface area contributed by atoms with Crippen LogP contribution in [0.25, 0.3) is 0 Å². The number of hydrogen-bond donors (Lipinski definition) is 1. The highest BCUT2D eigenvalue weighted by molar-refractivity contribution is 5.87. The summed E-state index contributed by atoms with van der Waals surface area (Å²) in [6.45, 7) is 5.10. The molecule has 1 rings (SSSR count). The Hall–Kier alpha value is -1.84. The average Bonchev–Trinajstić information content (AvgIpc) is 2.28. The van der Waals surface area contributed by atoms with E-state index >= 15 is 0 Å². The Balaban J connectivity index is 2.96. The highest BCUT2D eigenvalue weighted by Crippen LogP contribution is 2.25. The molecule has 4 heteroatoms. The Morgan fingerprint density at radius 1 is 1.62 bits per heavy atom. The summed E-state index contributed by atoms with van der Waals surface area (Å²) in [5.74, 6) is -0.132. The number of carbonyl (C=O) groups is 1. The third kappa shape index (κ3) is 2.82. The zero-order chi connectivity index (χ0) is 12.1. The first kappa shape index (κ1) is 12.2. The van der Waals surface area contributed by atoms with Crippen molar-refractivity contribution in [2.24, 2.45) is 0 Å². The van der Waals surface area contributed by atoms with Crippen LogP contribution in [-0.4, -0.2) is 13.0 Å². The number of amides is 1. The van der Waals surface area contributed by atoms with E-state index in [1.54, 1.807) is 6.92 Å². The molecule has 1 aromatic carbocycles. The van der Waals surface area contributed by atoms with E-state index < -0.39 is 0 Å². The number of nitrogens with one attached hydrogen (secondary N) is 1. The van der Waals surface area contributed by atoms with E-state index in [9.17, 15) is 9.18 Å². The largest absolute Gasteiger partial charge is 0.496 e. The maximum absolute atomic E-state index is 13.1. The van der Waals surface area contributed by atoms with E-state index in [4.69, 9.17) is 4.74 Å². The van der Waals surface area contributed by atoms with Gasteiger partial charge in [0.15, 0.2) is 0 Å². The Morgan fingerprint density at radius 2 is 2.31 bits per heavy atom. The maximum atomic E-state index is 13.1. The molecule has 1 atom stereocenters. The molecule has 0 bridgehead atoms. The van der Waals surface area contributed by atoms with E-state index in [1.807, 2.05) is 0 Å². The van der Waals surface area contributed by atoms with Crippen LogP contribution in [0.5, 0.6) is 5.75 Å². The van der Waals surface area contributed by atoms with Crippen LogP contribution >= 0.6 is 0 Å². The maximum Gasteiger partial charge on any atom is 0.243 e. The van der Waals surface area contributed by atoms with Crippen molar-refractivity contribution >= 4 is 5.91 Å². The third-order valence-corrected chi connectivity index (χ3v) is 2.20. The first-order valence-electron chi connectivity index (χ1n) is 4.85. The zero-order valence-corrected chi connectivity index (χ0v) is 9.29. The first-order valence-corrected chi connectivity index (χ1v) is 4.85. The van der Waals surface area contributed by atoms with E-state index in [2.05, 4.69) is 11.9 Å². The topological polar surface area (TPSA) is 38.3 Å². The third-order valence-electron chi connectivity index (χ3n) is 2.20. The van der Waals surface area contributed by atoms with Crippen molar-refractivity contribution in [3.05, 3.63) is 42.2 Å². The number of hydrogen-bond acceptors (Lipinski definition) is 2. The molecule has 0 saturated carbocycles. The van der Waals surface area contributed by atoms with Crippen LogP contribution in [0.4, 0.5) is 4.39 Å². The van der Waals surface area contributed by atoms with Gasteiger partial charge in [0.05, 0.1) is 13.2 Å². The van der Waals surface area contributed by atoms with Crippen LogP contribution in [-0.2, 0) is 4.79 Å². The number of carbonyl (C=O) groups excluding carboxylic acids is 1. The van der Waals surface area contributed by atoms with Crippen molar-refractivity contribution in [2.75, 3.05) is 7.11 Å². The van der Waals surface area contributed by atoms with E-state index in [1.165, 1.54) is 31.4 Å². The summed E-state index contributed by atoms with van der Waals surface area (Å²) in [5.41, 5.74) is 0.595. The van der Waals surface area contributed by atoms with Crippen LogP contribution in [0.1, 0.15) is 18.5 Å². The Labute approximate surface area is 93.9 Å². The summed E-state index contributed by atoms with van der Waals surface area (Å²) in [4.78, 5) is 11.1. The van der Waals surface area contributed by atoms with Crippen LogP contribution in [0.3, 0.4) is 0 Å². The first-order chi connectivity index (χ1) is 7.58. The molecule has 1 amide bonds. The van der Waals surface area contributed by atoms with Gasteiger partial charge < -0.3 is 10.1 Å². The molecule has 0 radical (unpaired) electrons. The van der Waals surface area contributed by atoms with Gasteiger partial charge in [0.2, 0.25) is 5.91 Å². The van der Waals surface area contributed by atoms with Gasteiger partial charge in [-0.1, -0.05) is 6.58 Å². The molecule has 3 nitrogen and oxygen atoms in total. The molecular weight excluding hydrogens is 209 g/mol. The molecule has 16 heavy (non-hydrogen) atoms. The summed E-state index contributed by atoms with van der Waals surface area (Å²) in [6.07, 6.45) is 1.17. The van der Waals surface area contributed by atoms with E-state index in [0.717, 1.165) is 0 Å². The summed E-state index contributed by atoms with van der Waals surface area (Å²) in [5, 5.41) is 2.64. The second kappa shape index (κ2) is 5.30. The van der Waals surface area contributed by atoms with Gasteiger partial charge in [-0.25, -0.2) is 4.39 Å². The molecule has 0 heterocycles. The fourth-order valence-corrected chi connectivity index (χ4v) is 1.39. The number of ether oxygens (including phenoxy) is 1. The van der Waals surface area contributed by atoms with Crippen LogP contribution in [0.2, 0.25) is 0 Å². The fourth-order valence-electron chi connectivity index (χ4n) is 1.39. The van der Waals surface area contributed by atoms with Crippen LogP contribution in [0, 0.1) is 5.82 Å². The Kier molecular flexibility index (Phi) is 4.05. The molecule has 1 unspecified atom stereocenters. The van der Waals surface area contributed by atoms with Gasteiger partial charge in [-0.15, -0.1) is 0 Å². The zero-order valence-electron chi connectivity index (χ0n) is 9.29. The molecule has 1 aromatic rings. The highest BCUT2D eigenvalue weighted by Gasteiger charge is 2.13. The second-order valence-corrected chi connectivity index (χ2v) is 3.32. The van der Waals surface area contributed by atoms with Crippen molar-refractivity contribution < 1.29 is 13.9 Å². The van der Waals surface area contributed by atoms with Gasteiger partial charge in [0.1, 0.15) is 11.6 Å². The predicted molar refractivity (Wildman–Crippen MR) is 59.7 cm³/mol. The highest BCUT2D eigenvalue weighted by atomic mass is 19.1. The lowest BCUT2D eigenvalue weighted by molar-refractivity contribution is -0.117. The Bertz CT molecular complexity index is 404. The van der Waals surface area contributed by atoms with E-state index in [0.29, 0.717) is 11.3 Å². The lowest BCUT2D eigenvalue weighted by Crippen LogP contribution is -2.24. The van der Waals surface area contributed by atoms with Gasteiger partial charge >= 0.3 is 0 Å². The average molecular weight is 223 g/mol. The van der Waals surface area contributed by atoms with Crippen molar-refractivity contribution in [2.45, 2.75) is 13.0 Å². The summed E-state index contributed by atoms with van der Waals surface area (Å²) in [7, 11) is 1.50. The van der Waals surface area contributed by atoms with E-state index in [-0.39, 0.29) is 17.8 Å². The normalized spacial score (nSPS) is 11.7. The lowest BCUT2D eigenvalue weighted by atomic mass is 10.1. The summed E-state index contributed by atoms with van der Waals surface area (Å²) >= 11 is 0. The van der Waals surface area contributed by atoms with Crippen molar-refractivity contribution in [1.29, 1.82) is 0 Å². The van der Waals surface area contributed by atoms with Gasteiger partial charge in [0, 0.05) is 5.56 Å². The Morgan fingerprint density at radius 3 is 2.88 bits per heavy atom. The number of methoxy groups -OCH3 is 1. The second-order valence-electron chi connectivity index (χ2n) is 3.32. The molecule has 0 aromatic heterocycles. The SMILES string of the molecule is C=CC(=O)NC(C)c1cc(F)ccc1OC. The van der Waals surface area contributed by atoms with Crippen molar-refractivity contribution in [3.8, 4) is 5.75 Å². The minimum absolute atomic E-state index is 0.307. The smallest absolute Gasteiger partial charge is 0.243 e. The van der Waals surface area contributed by atoms with Gasteiger partial charge in [-0.2, -0.15) is 0 Å². The summed E-state index contributed by atoms with van der Waals surface area (Å²) in [6, 6.07) is 3.84. The molecule has 0 fully saturated rings. The molecule has 86 valence electrons. The molecule has 1 N–H and O–H groups in total. The molecule has 0 saturated heterocycles. The minimum atomic E-state index is -0.365. The molecule has 0 spiro atoms. The minimum Gasteiger partial charge on any atom is -0.496 e. The number of rotatable bonds is 4.